The van der Waals surface area contributed by atoms with Crippen LogP contribution >= 0.6 is 0 Å². The van der Waals surface area contributed by atoms with Crippen LogP contribution in [0, 0.1) is 0 Å². The fourth-order valence-corrected chi connectivity index (χ4v) is 1.31. The number of hydrogen-bond acceptors (Lipinski definition) is 4. The molecule has 0 heterocycles. The molecular formula is C13H23NO4. The van der Waals surface area contributed by atoms with E-state index >= 15 is 0 Å². The lowest BCUT2D eigenvalue weighted by molar-refractivity contribution is -0.138. The highest BCUT2D eigenvalue weighted by Crippen LogP contribution is 2.01. The minimum atomic E-state index is -0.519. The Labute approximate surface area is 109 Å². The van der Waals surface area contributed by atoms with Crippen LogP contribution in [0.15, 0.2) is 12.7 Å². The first kappa shape index (κ1) is 16.5. The molecule has 0 saturated carbocycles. The van der Waals surface area contributed by atoms with E-state index in [0.29, 0.717) is 6.54 Å². The SMILES string of the molecule is C=CC(=O)OCCOC(=O)NCCCCCCC. The van der Waals surface area contributed by atoms with Crippen molar-refractivity contribution < 1.29 is 19.1 Å². The largest absolute Gasteiger partial charge is 0.459 e. The molecule has 0 atom stereocenters. The molecular weight excluding hydrogens is 234 g/mol. The second-order valence-corrected chi connectivity index (χ2v) is 3.85. The van der Waals surface area contributed by atoms with Gasteiger partial charge in [-0.1, -0.05) is 39.2 Å². The summed E-state index contributed by atoms with van der Waals surface area (Å²) in [6.45, 7) is 6.14. The normalized spacial score (nSPS) is 9.61. The van der Waals surface area contributed by atoms with Gasteiger partial charge in [-0.05, 0) is 6.42 Å². The van der Waals surface area contributed by atoms with E-state index in [1.807, 2.05) is 0 Å². The topological polar surface area (TPSA) is 64.6 Å². The number of nitrogens with one attached hydrogen (secondary N) is 1. The Balaban J connectivity index is 3.27. The van der Waals surface area contributed by atoms with E-state index in [9.17, 15) is 9.59 Å². The number of carbonyl (C=O) groups excluding carboxylic acids is 2. The van der Waals surface area contributed by atoms with Gasteiger partial charge < -0.3 is 14.8 Å². The number of unbranched alkanes of at least 4 members (excludes halogenated alkanes) is 4. The summed E-state index contributed by atoms with van der Waals surface area (Å²) in [5.74, 6) is -0.519. The zero-order valence-corrected chi connectivity index (χ0v) is 11.1. The van der Waals surface area contributed by atoms with E-state index in [-0.39, 0.29) is 13.2 Å². The Morgan fingerprint density at radius 1 is 1.11 bits per heavy atom. The van der Waals surface area contributed by atoms with Crippen molar-refractivity contribution in [3.05, 3.63) is 12.7 Å². The first-order valence-electron chi connectivity index (χ1n) is 6.40. The second-order valence-electron chi connectivity index (χ2n) is 3.85. The highest BCUT2D eigenvalue weighted by Gasteiger charge is 2.01. The molecule has 0 fully saturated rings. The summed E-state index contributed by atoms with van der Waals surface area (Å²) in [5, 5.41) is 2.64. The molecule has 0 aromatic rings. The van der Waals surface area contributed by atoms with Crippen LogP contribution in [0.1, 0.15) is 39.0 Å². The lowest BCUT2D eigenvalue weighted by Crippen LogP contribution is -2.26. The molecule has 18 heavy (non-hydrogen) atoms. The van der Waals surface area contributed by atoms with E-state index < -0.39 is 12.1 Å². The van der Waals surface area contributed by atoms with E-state index in [1.54, 1.807) is 0 Å². The molecule has 104 valence electrons. The van der Waals surface area contributed by atoms with Crippen LogP contribution in [-0.4, -0.2) is 31.8 Å². The van der Waals surface area contributed by atoms with E-state index in [0.717, 1.165) is 18.9 Å². The Hall–Kier alpha value is -1.52. The number of carbonyl (C=O) groups is 2. The molecule has 0 saturated heterocycles. The summed E-state index contributed by atoms with van der Waals surface area (Å²) in [6.07, 6.45) is 6.31. The number of hydrogen-bond donors (Lipinski definition) is 1. The number of rotatable bonds is 10. The molecule has 0 spiro atoms. The van der Waals surface area contributed by atoms with Gasteiger partial charge in [0.15, 0.2) is 0 Å². The Kier molecular flexibility index (Phi) is 10.9. The summed E-state index contributed by atoms with van der Waals surface area (Å²) in [4.78, 5) is 21.8. The lowest BCUT2D eigenvalue weighted by Gasteiger charge is -2.06. The maximum absolute atomic E-state index is 11.2. The first-order chi connectivity index (χ1) is 8.70. The van der Waals surface area contributed by atoms with Gasteiger partial charge in [0, 0.05) is 12.6 Å². The predicted octanol–water partition coefficient (Wildman–Crippen LogP) is 2.41. The van der Waals surface area contributed by atoms with E-state index in [2.05, 4.69) is 23.6 Å². The van der Waals surface area contributed by atoms with Crippen LogP contribution in [0.4, 0.5) is 4.79 Å². The summed E-state index contributed by atoms with van der Waals surface area (Å²) in [5.41, 5.74) is 0. The van der Waals surface area contributed by atoms with Crippen molar-refractivity contribution in [2.75, 3.05) is 19.8 Å². The maximum atomic E-state index is 11.2. The monoisotopic (exact) mass is 257 g/mol. The van der Waals surface area contributed by atoms with Gasteiger partial charge in [-0.15, -0.1) is 0 Å². The third-order valence-electron chi connectivity index (χ3n) is 2.28. The average molecular weight is 257 g/mol. The quantitative estimate of drug-likeness (QED) is 0.371. The van der Waals surface area contributed by atoms with Crippen molar-refractivity contribution in [1.29, 1.82) is 0 Å². The number of amides is 1. The molecule has 1 N–H and O–H groups in total. The van der Waals surface area contributed by atoms with Crippen molar-refractivity contribution in [2.45, 2.75) is 39.0 Å². The second kappa shape index (κ2) is 12.0. The summed E-state index contributed by atoms with van der Waals surface area (Å²) in [7, 11) is 0. The molecule has 0 aromatic heterocycles. The van der Waals surface area contributed by atoms with Crippen LogP contribution < -0.4 is 5.32 Å². The highest BCUT2D eigenvalue weighted by molar-refractivity contribution is 5.81. The molecule has 0 aliphatic carbocycles. The van der Waals surface area contributed by atoms with Gasteiger partial charge in [-0.25, -0.2) is 9.59 Å². The smallest absolute Gasteiger partial charge is 0.407 e. The fraction of sp³-hybridized carbons (Fsp3) is 0.692. The van der Waals surface area contributed by atoms with Gasteiger partial charge in [0.05, 0.1) is 0 Å². The molecule has 5 heteroatoms. The minimum absolute atomic E-state index is 0.0504. The van der Waals surface area contributed by atoms with Gasteiger partial charge in [0.1, 0.15) is 13.2 Å². The average Bonchev–Trinajstić information content (AvgIpc) is 2.38. The number of esters is 1. The molecule has 0 unspecified atom stereocenters. The summed E-state index contributed by atoms with van der Waals surface area (Å²) in [6, 6.07) is 0. The number of ether oxygens (including phenoxy) is 2. The molecule has 5 nitrogen and oxygen atoms in total. The van der Waals surface area contributed by atoms with Crippen LogP contribution in [0.2, 0.25) is 0 Å². The number of alkyl carbamates (subject to hydrolysis) is 1. The van der Waals surface area contributed by atoms with E-state index in [1.165, 1.54) is 19.3 Å². The van der Waals surface area contributed by atoms with E-state index in [4.69, 9.17) is 4.74 Å². The molecule has 0 aliphatic rings. The molecule has 0 rings (SSSR count). The van der Waals surface area contributed by atoms with Crippen LogP contribution in [0.3, 0.4) is 0 Å². The Morgan fingerprint density at radius 2 is 1.78 bits per heavy atom. The maximum Gasteiger partial charge on any atom is 0.407 e. The van der Waals surface area contributed by atoms with Crippen molar-refractivity contribution in [3.8, 4) is 0 Å². The predicted molar refractivity (Wildman–Crippen MR) is 69.3 cm³/mol. The Morgan fingerprint density at radius 3 is 2.44 bits per heavy atom. The van der Waals surface area contributed by atoms with Gasteiger partial charge in [-0.3, -0.25) is 0 Å². The van der Waals surface area contributed by atoms with Gasteiger partial charge in [0.2, 0.25) is 0 Å². The van der Waals surface area contributed by atoms with Gasteiger partial charge in [-0.2, -0.15) is 0 Å². The molecule has 0 aromatic carbocycles. The highest BCUT2D eigenvalue weighted by atomic mass is 16.6. The van der Waals surface area contributed by atoms with Crippen molar-refractivity contribution in [2.24, 2.45) is 0 Å². The summed E-state index contributed by atoms with van der Waals surface area (Å²) >= 11 is 0. The van der Waals surface area contributed by atoms with Crippen LogP contribution in [0.5, 0.6) is 0 Å². The lowest BCUT2D eigenvalue weighted by atomic mass is 10.1. The van der Waals surface area contributed by atoms with Crippen molar-refractivity contribution in [1.82, 2.24) is 5.32 Å². The zero-order valence-electron chi connectivity index (χ0n) is 11.1. The van der Waals surface area contributed by atoms with Gasteiger partial charge in [0.25, 0.3) is 0 Å². The molecule has 1 amide bonds. The Bertz CT molecular complexity index is 253. The minimum Gasteiger partial charge on any atom is -0.459 e. The molecule has 0 bridgehead atoms. The third kappa shape index (κ3) is 11.0. The van der Waals surface area contributed by atoms with Crippen molar-refractivity contribution in [3.63, 3.8) is 0 Å². The van der Waals surface area contributed by atoms with Crippen molar-refractivity contribution >= 4 is 12.1 Å². The van der Waals surface area contributed by atoms with Crippen LogP contribution in [-0.2, 0) is 14.3 Å². The standard InChI is InChI=1S/C13H23NO4/c1-3-5-6-7-8-9-14-13(16)18-11-10-17-12(15)4-2/h4H,2-3,5-11H2,1H3,(H,14,16). The fourth-order valence-electron chi connectivity index (χ4n) is 1.31. The molecule has 0 aliphatic heterocycles. The van der Waals surface area contributed by atoms with Crippen LogP contribution in [0.25, 0.3) is 0 Å². The third-order valence-corrected chi connectivity index (χ3v) is 2.28. The molecule has 0 radical (unpaired) electrons. The summed E-state index contributed by atoms with van der Waals surface area (Å²) < 4.78 is 9.45. The first-order valence-corrected chi connectivity index (χ1v) is 6.40. The zero-order chi connectivity index (χ0) is 13.6. The van der Waals surface area contributed by atoms with Gasteiger partial charge >= 0.3 is 12.1 Å².